The summed E-state index contributed by atoms with van der Waals surface area (Å²) in [6, 6.07) is 8.86. The first kappa shape index (κ1) is 29.8. The fraction of sp³-hybridized carbons (Fsp3) is 0.0417. The number of hydrazone groups is 1. The lowest BCUT2D eigenvalue weighted by atomic mass is 10.1. The van der Waals surface area contributed by atoms with E-state index in [2.05, 4.69) is 10.2 Å². The zero-order valence-electron chi connectivity index (χ0n) is 20.7. The summed E-state index contributed by atoms with van der Waals surface area (Å²) >= 11 is 0. The van der Waals surface area contributed by atoms with Crippen molar-refractivity contribution in [3.63, 3.8) is 0 Å². The van der Waals surface area contributed by atoms with Gasteiger partial charge in [0, 0.05) is 0 Å². The van der Waals surface area contributed by atoms with Gasteiger partial charge in [0.05, 0.1) is 26.7 Å². The van der Waals surface area contributed by atoms with Crippen LogP contribution in [-0.4, -0.2) is 70.2 Å². The molecule has 42 heavy (non-hydrogen) atoms. The molecule has 0 saturated carbocycles. The Balaban J connectivity index is 1.59. The summed E-state index contributed by atoms with van der Waals surface area (Å²) < 4.78 is 68.9. The summed E-state index contributed by atoms with van der Waals surface area (Å²) in [6.45, 7) is 0.0435. The van der Waals surface area contributed by atoms with Crippen LogP contribution in [-0.2, 0) is 34.6 Å². The van der Waals surface area contributed by atoms with Crippen molar-refractivity contribution in [2.24, 2.45) is 11.0 Å². The Kier molecular flexibility index (Phi) is 8.07. The number of nitrogens with zero attached hydrogens (tertiary/aromatic N) is 4. The zero-order chi connectivity index (χ0) is 30.8. The summed E-state index contributed by atoms with van der Waals surface area (Å²) in [5, 5.41) is 28.8. The normalized spacial score (nSPS) is 15.9. The number of amides is 1. The number of carbonyl (C=O) groups is 3. The van der Waals surface area contributed by atoms with Gasteiger partial charge in [-0.1, -0.05) is 18.2 Å². The first-order valence-electron chi connectivity index (χ1n) is 11.3. The lowest BCUT2D eigenvalue weighted by molar-refractivity contribution is -0.122. The topological polar surface area (TPSA) is 243 Å². The molecule has 4 rings (SSSR count). The molecular formula is C24H18N4O12S2. The van der Waals surface area contributed by atoms with E-state index in [1.807, 2.05) is 0 Å². The number of allylic oxidation sites excluding steroid dienone is 2. The molecule has 0 bridgehead atoms. The van der Waals surface area contributed by atoms with E-state index in [9.17, 15) is 41.4 Å². The van der Waals surface area contributed by atoms with E-state index in [0.717, 1.165) is 40.0 Å². The minimum Gasteiger partial charge on any atom is -0.493 e. The van der Waals surface area contributed by atoms with Crippen molar-refractivity contribution in [3.8, 4) is 11.6 Å². The molecule has 1 atom stereocenters. The lowest BCUT2D eigenvalue weighted by Gasteiger charge is -2.12. The number of aromatic carboxylic acids is 1. The number of hydrogen-bond acceptors (Lipinski definition) is 11. The molecule has 0 spiro atoms. The Morgan fingerprint density at radius 1 is 0.905 bits per heavy atom. The van der Waals surface area contributed by atoms with Gasteiger partial charge < -0.3 is 14.9 Å². The van der Waals surface area contributed by atoms with E-state index in [-0.39, 0.29) is 29.3 Å². The van der Waals surface area contributed by atoms with Crippen molar-refractivity contribution in [2.75, 3.05) is 5.01 Å². The Bertz CT molecular complexity index is 1880. The van der Waals surface area contributed by atoms with Gasteiger partial charge in [-0.05, 0) is 54.6 Å². The minimum absolute atomic E-state index is 0.0435. The molecule has 0 saturated heterocycles. The van der Waals surface area contributed by atoms with Gasteiger partial charge in [0.15, 0.2) is 5.69 Å². The van der Waals surface area contributed by atoms with Crippen molar-refractivity contribution < 1.29 is 55.3 Å². The van der Waals surface area contributed by atoms with Crippen LogP contribution in [0.4, 0.5) is 5.69 Å². The van der Waals surface area contributed by atoms with Gasteiger partial charge in [-0.15, -0.1) is 5.10 Å². The fourth-order valence-electron chi connectivity index (χ4n) is 3.70. The maximum atomic E-state index is 13.0. The summed E-state index contributed by atoms with van der Waals surface area (Å²) in [4.78, 5) is 34.8. The van der Waals surface area contributed by atoms with E-state index in [1.165, 1.54) is 42.5 Å². The lowest BCUT2D eigenvalue weighted by Crippen LogP contribution is -2.26. The average molecular weight is 619 g/mol. The highest BCUT2D eigenvalue weighted by Crippen LogP contribution is 2.28. The third-order valence-electron chi connectivity index (χ3n) is 5.64. The molecule has 3 aromatic rings. The molecule has 18 heteroatoms. The van der Waals surface area contributed by atoms with Crippen LogP contribution in [0, 0.1) is 5.92 Å². The quantitative estimate of drug-likeness (QED) is 0.151. The molecule has 0 fully saturated rings. The molecule has 0 aliphatic carbocycles. The van der Waals surface area contributed by atoms with Gasteiger partial charge in [0.1, 0.15) is 5.92 Å². The van der Waals surface area contributed by atoms with E-state index in [1.54, 1.807) is 0 Å². The second-order valence-electron chi connectivity index (χ2n) is 8.26. The van der Waals surface area contributed by atoms with Crippen LogP contribution in [0.2, 0.25) is 0 Å². The number of benzene rings is 2. The van der Waals surface area contributed by atoms with Crippen molar-refractivity contribution >= 4 is 56.2 Å². The Morgan fingerprint density at radius 3 is 1.95 bits per heavy atom. The fourth-order valence-corrected chi connectivity index (χ4v) is 4.66. The molecule has 4 N–H and O–H groups in total. The van der Waals surface area contributed by atoms with Crippen LogP contribution < -0.4 is 5.01 Å². The Hall–Kier alpha value is -5.17. The molecule has 1 amide bonds. The highest BCUT2D eigenvalue weighted by molar-refractivity contribution is 7.86. The molecule has 1 aromatic heterocycles. The molecule has 2 aromatic carbocycles. The van der Waals surface area contributed by atoms with Gasteiger partial charge in [0.25, 0.3) is 32.6 Å². The van der Waals surface area contributed by atoms with Crippen molar-refractivity contribution in [3.05, 3.63) is 78.0 Å². The number of aromatic hydroxyl groups is 1. The molecule has 2 heterocycles. The minimum atomic E-state index is -4.49. The maximum Gasteiger partial charge on any atom is 0.357 e. The predicted octanol–water partition coefficient (Wildman–Crippen LogP) is 1.49. The molecule has 0 radical (unpaired) electrons. The van der Waals surface area contributed by atoms with Gasteiger partial charge in [0.2, 0.25) is 11.8 Å². The number of carbonyl (C=O) groups excluding carboxylic acids is 2. The summed E-state index contributed by atoms with van der Waals surface area (Å²) in [5.41, 5.74) is -0.647. The number of anilines is 1. The highest BCUT2D eigenvalue weighted by Gasteiger charge is 2.36. The highest BCUT2D eigenvalue weighted by atomic mass is 32.2. The first-order valence-corrected chi connectivity index (χ1v) is 14.2. The molecule has 218 valence electrons. The smallest absolute Gasteiger partial charge is 0.357 e. The Morgan fingerprint density at radius 2 is 1.45 bits per heavy atom. The van der Waals surface area contributed by atoms with E-state index < -0.39 is 59.4 Å². The number of rotatable bonds is 9. The second-order valence-corrected chi connectivity index (χ2v) is 11.1. The second kappa shape index (κ2) is 11.4. The number of aromatic nitrogens is 2. The molecular weight excluding hydrogens is 600 g/mol. The number of ether oxygens (including phenoxy) is 1. The van der Waals surface area contributed by atoms with Crippen molar-refractivity contribution in [1.82, 2.24) is 9.78 Å². The molecule has 1 aliphatic heterocycles. The SMILES string of the molecule is O=COC1=NN(c2ccc(S(=O)(=O)O)cc2)C(=O)C1C=CC=Cc1c(C(=O)O)nn(-c2ccc(S(=O)(=O)O)cc2)c1O. The van der Waals surface area contributed by atoms with Crippen molar-refractivity contribution in [2.45, 2.75) is 9.79 Å². The Labute approximate surface area is 236 Å². The molecule has 1 aliphatic rings. The van der Waals surface area contributed by atoms with Crippen molar-refractivity contribution in [1.29, 1.82) is 0 Å². The molecule has 16 nitrogen and oxygen atoms in total. The van der Waals surface area contributed by atoms with Crippen LogP contribution >= 0.6 is 0 Å². The van der Waals surface area contributed by atoms with Gasteiger partial charge in [-0.25, -0.2) is 4.79 Å². The van der Waals surface area contributed by atoms with Crippen LogP contribution in [0.5, 0.6) is 5.88 Å². The van der Waals surface area contributed by atoms with E-state index in [0.29, 0.717) is 0 Å². The molecule has 1 unspecified atom stereocenters. The van der Waals surface area contributed by atoms with Crippen LogP contribution in [0.25, 0.3) is 11.8 Å². The van der Waals surface area contributed by atoms with Gasteiger partial charge >= 0.3 is 5.97 Å². The van der Waals surface area contributed by atoms with E-state index in [4.69, 9.17) is 13.8 Å². The standard InChI is InChI=1S/C24H18N4O12S2/c29-13-40-21-19(23(31)28(26-21)15-7-11-17(12-8-15)42(37,38)39)4-2-1-3-18-20(24(32)33)25-27(22(18)30)14-5-9-16(10-6-14)41(34,35)36/h1-13,19,30H,(H,32,33)(H,34,35,36)(H,37,38,39). The predicted molar refractivity (Wildman–Crippen MR) is 142 cm³/mol. The summed E-state index contributed by atoms with van der Waals surface area (Å²) in [5.74, 6) is -4.38. The number of hydrogen-bond donors (Lipinski definition) is 4. The third-order valence-corrected chi connectivity index (χ3v) is 7.38. The zero-order valence-corrected chi connectivity index (χ0v) is 22.4. The van der Waals surface area contributed by atoms with Crippen LogP contribution in [0.3, 0.4) is 0 Å². The summed E-state index contributed by atoms with van der Waals surface area (Å²) in [7, 11) is -8.97. The first-order chi connectivity index (χ1) is 19.7. The maximum absolute atomic E-state index is 13.0. The largest absolute Gasteiger partial charge is 0.493 e. The van der Waals surface area contributed by atoms with Gasteiger partial charge in [-0.2, -0.15) is 31.6 Å². The van der Waals surface area contributed by atoms with Gasteiger partial charge in [-0.3, -0.25) is 18.7 Å². The summed E-state index contributed by atoms with van der Waals surface area (Å²) in [6.07, 6.45) is 4.95. The number of carboxylic acids is 1. The van der Waals surface area contributed by atoms with E-state index >= 15 is 0 Å². The average Bonchev–Trinajstić information content (AvgIpc) is 3.42. The monoisotopic (exact) mass is 618 g/mol. The number of carboxylic acid groups (broad SMARTS) is 1. The third kappa shape index (κ3) is 6.10. The van der Waals surface area contributed by atoms with Crippen LogP contribution in [0.1, 0.15) is 16.1 Å². The van der Waals surface area contributed by atoms with Crippen LogP contribution in [0.15, 0.2) is 81.7 Å².